The van der Waals surface area contributed by atoms with Gasteiger partial charge < -0.3 is 14.8 Å². The van der Waals surface area contributed by atoms with Crippen LogP contribution < -0.4 is 14.8 Å². The van der Waals surface area contributed by atoms with Crippen LogP contribution in [0, 0.1) is 0 Å². The van der Waals surface area contributed by atoms with Crippen molar-refractivity contribution in [3.8, 4) is 34.3 Å². The summed E-state index contributed by atoms with van der Waals surface area (Å²) in [5, 5.41) is 11.3. The molecular weight excluding hydrogens is 416 g/mol. The molecule has 0 saturated carbocycles. The van der Waals surface area contributed by atoms with Crippen molar-refractivity contribution in [3.05, 3.63) is 90.5 Å². The number of benzene rings is 3. The summed E-state index contributed by atoms with van der Waals surface area (Å²) in [7, 11) is 1.63. The Hall–Kier alpha value is -4.26. The maximum absolute atomic E-state index is 12.2. The monoisotopic (exact) mass is 440 g/mol. The second kappa shape index (κ2) is 10.9. The summed E-state index contributed by atoms with van der Waals surface area (Å²) in [6, 6.07) is 27.2. The van der Waals surface area contributed by atoms with Crippen LogP contribution in [0.3, 0.4) is 0 Å². The van der Waals surface area contributed by atoms with Crippen molar-refractivity contribution in [1.29, 1.82) is 0 Å². The van der Waals surface area contributed by atoms with E-state index in [1.165, 1.54) is 0 Å². The second-order valence-corrected chi connectivity index (χ2v) is 7.26. The van der Waals surface area contributed by atoms with Gasteiger partial charge in [0, 0.05) is 17.7 Å². The molecule has 0 saturated heterocycles. The first-order valence-electron chi connectivity index (χ1n) is 10.6. The van der Waals surface area contributed by atoms with Crippen molar-refractivity contribution < 1.29 is 14.3 Å². The summed E-state index contributed by atoms with van der Waals surface area (Å²) in [6.45, 7) is 0.305. The topological polar surface area (TPSA) is 86.2 Å². The lowest BCUT2D eigenvalue weighted by atomic mass is 10.0. The van der Waals surface area contributed by atoms with Gasteiger partial charge in [0.05, 0.1) is 7.11 Å². The molecule has 0 fully saturated rings. The molecule has 0 radical (unpaired) electrons. The highest BCUT2D eigenvalue weighted by Crippen LogP contribution is 2.29. The van der Waals surface area contributed by atoms with Crippen molar-refractivity contribution >= 4 is 5.91 Å². The Kier molecular flexibility index (Phi) is 7.22. The molecule has 1 heterocycles. The molecule has 0 aliphatic rings. The number of nitrogens with one attached hydrogen (secondary N) is 1. The van der Waals surface area contributed by atoms with E-state index in [1.54, 1.807) is 7.11 Å². The van der Waals surface area contributed by atoms with Crippen molar-refractivity contribution in [3.63, 3.8) is 0 Å². The standard InChI is InChI=1S/C26H24N4O3/c1-32-22-14-12-19(13-15-22)16-17-27-23(31)18-33-26-28-24(20-8-4-2-5-9-20)25(29-30-26)21-10-6-3-7-11-21/h2-15H,16-18H2,1H3,(H,27,31). The van der Waals surface area contributed by atoms with Gasteiger partial charge in [-0.2, -0.15) is 4.98 Å². The van der Waals surface area contributed by atoms with Crippen LogP contribution in [0.2, 0.25) is 0 Å². The number of hydrogen-bond donors (Lipinski definition) is 1. The van der Waals surface area contributed by atoms with Gasteiger partial charge in [0.15, 0.2) is 6.61 Å². The van der Waals surface area contributed by atoms with Crippen molar-refractivity contribution in [2.45, 2.75) is 6.42 Å². The van der Waals surface area contributed by atoms with E-state index >= 15 is 0 Å². The number of nitrogens with zero attached hydrogens (tertiary/aromatic N) is 3. The number of rotatable bonds is 9. The molecule has 0 unspecified atom stereocenters. The Labute approximate surface area is 192 Å². The summed E-state index contributed by atoms with van der Waals surface area (Å²) in [6.07, 6.45) is 0.706. The van der Waals surface area contributed by atoms with Gasteiger partial charge in [-0.25, -0.2) is 0 Å². The molecule has 0 aliphatic heterocycles. The number of carbonyl (C=O) groups excluding carboxylic acids is 1. The summed E-state index contributed by atoms with van der Waals surface area (Å²) in [5.74, 6) is 0.554. The quantitative estimate of drug-likeness (QED) is 0.424. The van der Waals surface area contributed by atoms with Gasteiger partial charge in [0.1, 0.15) is 17.1 Å². The van der Waals surface area contributed by atoms with Crippen LogP contribution in [-0.4, -0.2) is 41.3 Å². The molecule has 7 heteroatoms. The molecule has 0 aliphatic carbocycles. The van der Waals surface area contributed by atoms with Crippen molar-refractivity contribution in [2.24, 2.45) is 0 Å². The SMILES string of the molecule is COc1ccc(CCNC(=O)COc2nnc(-c3ccccc3)c(-c3ccccc3)n2)cc1. The number of amides is 1. The number of hydrogen-bond acceptors (Lipinski definition) is 6. The smallest absolute Gasteiger partial charge is 0.336 e. The van der Waals surface area contributed by atoms with E-state index in [2.05, 4.69) is 20.5 Å². The van der Waals surface area contributed by atoms with Crippen LogP contribution in [-0.2, 0) is 11.2 Å². The molecule has 3 aromatic carbocycles. The van der Waals surface area contributed by atoms with Crippen LogP contribution >= 0.6 is 0 Å². The highest BCUT2D eigenvalue weighted by molar-refractivity contribution is 5.78. The molecule has 4 aromatic rings. The predicted octanol–water partition coefficient (Wildman–Crippen LogP) is 3.95. The van der Waals surface area contributed by atoms with Crippen LogP contribution in [0.1, 0.15) is 5.56 Å². The molecule has 33 heavy (non-hydrogen) atoms. The first-order valence-corrected chi connectivity index (χ1v) is 10.6. The lowest BCUT2D eigenvalue weighted by Crippen LogP contribution is -2.30. The maximum atomic E-state index is 12.2. The number of methoxy groups -OCH3 is 1. The fourth-order valence-corrected chi connectivity index (χ4v) is 3.28. The second-order valence-electron chi connectivity index (χ2n) is 7.26. The zero-order chi connectivity index (χ0) is 22.9. The van der Waals surface area contributed by atoms with Crippen molar-refractivity contribution in [1.82, 2.24) is 20.5 Å². The largest absolute Gasteiger partial charge is 0.497 e. The van der Waals surface area contributed by atoms with E-state index in [4.69, 9.17) is 9.47 Å². The Bertz CT molecular complexity index is 1180. The highest BCUT2D eigenvalue weighted by atomic mass is 16.5. The third-order valence-corrected chi connectivity index (χ3v) is 4.99. The minimum Gasteiger partial charge on any atom is -0.497 e. The van der Waals surface area contributed by atoms with E-state index in [1.807, 2.05) is 84.9 Å². The van der Waals surface area contributed by atoms with E-state index in [0.29, 0.717) is 24.4 Å². The molecule has 1 amide bonds. The molecule has 1 aromatic heterocycles. The van der Waals surface area contributed by atoms with Gasteiger partial charge in [-0.3, -0.25) is 4.79 Å². The minimum absolute atomic E-state index is 0.0545. The third kappa shape index (κ3) is 5.92. The third-order valence-electron chi connectivity index (χ3n) is 4.99. The Morgan fingerprint density at radius 1 is 0.818 bits per heavy atom. The van der Waals surface area contributed by atoms with Gasteiger partial charge >= 0.3 is 6.01 Å². The maximum Gasteiger partial charge on any atom is 0.336 e. The summed E-state index contributed by atoms with van der Waals surface area (Å²) in [4.78, 5) is 16.8. The van der Waals surface area contributed by atoms with Gasteiger partial charge in [0.2, 0.25) is 0 Å². The average Bonchev–Trinajstić information content (AvgIpc) is 2.89. The minimum atomic E-state index is -0.250. The molecule has 7 nitrogen and oxygen atoms in total. The van der Waals surface area contributed by atoms with Crippen LogP contribution in [0.15, 0.2) is 84.9 Å². The van der Waals surface area contributed by atoms with E-state index in [0.717, 1.165) is 22.4 Å². The molecular formula is C26H24N4O3. The molecule has 1 N–H and O–H groups in total. The van der Waals surface area contributed by atoms with E-state index in [-0.39, 0.29) is 18.5 Å². The lowest BCUT2D eigenvalue weighted by molar-refractivity contribution is -0.123. The van der Waals surface area contributed by atoms with Gasteiger partial charge in [-0.05, 0) is 24.1 Å². The van der Waals surface area contributed by atoms with Gasteiger partial charge in [-0.1, -0.05) is 77.9 Å². The van der Waals surface area contributed by atoms with Crippen LogP contribution in [0.25, 0.3) is 22.5 Å². The average molecular weight is 441 g/mol. The first kappa shape index (κ1) is 22.0. The number of carbonyl (C=O) groups is 1. The van der Waals surface area contributed by atoms with E-state index < -0.39 is 0 Å². The molecule has 0 spiro atoms. The Morgan fingerprint density at radius 2 is 1.45 bits per heavy atom. The van der Waals surface area contributed by atoms with E-state index in [9.17, 15) is 4.79 Å². The van der Waals surface area contributed by atoms with Crippen LogP contribution in [0.4, 0.5) is 0 Å². The summed E-state index contributed by atoms with van der Waals surface area (Å²) < 4.78 is 10.7. The van der Waals surface area contributed by atoms with Crippen molar-refractivity contribution in [2.75, 3.05) is 20.3 Å². The number of ether oxygens (including phenoxy) is 2. The predicted molar refractivity (Wildman–Crippen MR) is 126 cm³/mol. The Balaban J connectivity index is 1.39. The zero-order valence-corrected chi connectivity index (χ0v) is 18.3. The van der Waals surface area contributed by atoms with Gasteiger partial charge in [0.25, 0.3) is 5.91 Å². The first-order chi connectivity index (χ1) is 16.2. The number of aromatic nitrogens is 3. The van der Waals surface area contributed by atoms with Gasteiger partial charge in [-0.15, -0.1) is 5.10 Å². The molecule has 0 atom stereocenters. The summed E-state index contributed by atoms with van der Waals surface area (Å²) in [5.41, 5.74) is 4.19. The normalized spacial score (nSPS) is 10.5. The molecule has 166 valence electrons. The fourth-order valence-electron chi connectivity index (χ4n) is 3.28. The fraction of sp³-hybridized carbons (Fsp3) is 0.154. The molecule has 0 bridgehead atoms. The van der Waals surface area contributed by atoms with Crippen LogP contribution in [0.5, 0.6) is 11.8 Å². The highest BCUT2D eigenvalue weighted by Gasteiger charge is 2.14. The zero-order valence-electron chi connectivity index (χ0n) is 18.3. The molecule has 4 rings (SSSR count). The lowest BCUT2D eigenvalue weighted by Gasteiger charge is -2.10. The summed E-state index contributed by atoms with van der Waals surface area (Å²) >= 11 is 0. The Morgan fingerprint density at radius 3 is 2.09 bits per heavy atom.